The molecule has 0 aliphatic carbocycles. The van der Waals surface area contributed by atoms with E-state index in [4.69, 9.17) is 14.2 Å². The third-order valence-corrected chi connectivity index (χ3v) is 3.91. The van der Waals surface area contributed by atoms with E-state index in [2.05, 4.69) is 34.7 Å². The van der Waals surface area contributed by atoms with Crippen LogP contribution in [0.4, 0.5) is 0 Å². The van der Waals surface area contributed by atoms with E-state index in [9.17, 15) is 0 Å². The van der Waals surface area contributed by atoms with E-state index in [1.807, 2.05) is 26.0 Å². The molecule has 2 rings (SSSR count). The van der Waals surface area contributed by atoms with Crippen LogP contribution >= 0.6 is 24.0 Å². The number of nitrogens with one attached hydrogen (secondary N) is 2. The molecule has 6 nitrogen and oxygen atoms in total. The van der Waals surface area contributed by atoms with Crippen molar-refractivity contribution in [2.45, 2.75) is 52.4 Å². The molecule has 0 amide bonds. The van der Waals surface area contributed by atoms with E-state index in [0.29, 0.717) is 6.54 Å². The van der Waals surface area contributed by atoms with Crippen molar-refractivity contribution < 1.29 is 14.2 Å². The average molecular weight is 491 g/mol. The third-order valence-electron chi connectivity index (χ3n) is 3.91. The molecule has 154 valence electrons. The predicted octanol–water partition coefficient (Wildman–Crippen LogP) is 3.34. The van der Waals surface area contributed by atoms with E-state index in [1.165, 1.54) is 0 Å². The maximum atomic E-state index is 5.78. The monoisotopic (exact) mass is 491 g/mol. The topological polar surface area (TPSA) is 64.1 Å². The number of ether oxygens (including phenoxy) is 3. The van der Waals surface area contributed by atoms with Gasteiger partial charge in [0.25, 0.3) is 0 Å². The van der Waals surface area contributed by atoms with Crippen molar-refractivity contribution in [2.75, 3.05) is 32.9 Å². The Hall–Kier alpha value is -1.06. The van der Waals surface area contributed by atoms with Gasteiger partial charge in [0.05, 0.1) is 25.4 Å². The minimum Gasteiger partial charge on any atom is -0.491 e. The summed E-state index contributed by atoms with van der Waals surface area (Å²) in [6, 6.07) is 8.11. The number of benzene rings is 1. The summed E-state index contributed by atoms with van der Waals surface area (Å²) in [5, 5.41) is 6.63. The molecular formula is C20H34IN3O3. The van der Waals surface area contributed by atoms with Gasteiger partial charge in [-0.15, -0.1) is 24.0 Å². The number of guanidine groups is 1. The lowest BCUT2D eigenvalue weighted by Crippen LogP contribution is -2.38. The van der Waals surface area contributed by atoms with E-state index < -0.39 is 0 Å². The van der Waals surface area contributed by atoms with Crippen LogP contribution in [0.1, 0.15) is 39.2 Å². The molecule has 0 radical (unpaired) electrons. The van der Waals surface area contributed by atoms with Gasteiger partial charge < -0.3 is 24.8 Å². The van der Waals surface area contributed by atoms with E-state index in [0.717, 1.165) is 63.0 Å². The van der Waals surface area contributed by atoms with Crippen molar-refractivity contribution in [3.63, 3.8) is 0 Å². The van der Waals surface area contributed by atoms with E-state index in [1.54, 1.807) is 0 Å². The minimum atomic E-state index is 0. The second kappa shape index (κ2) is 14.0. The van der Waals surface area contributed by atoms with Crippen LogP contribution in [0.25, 0.3) is 0 Å². The van der Waals surface area contributed by atoms with Gasteiger partial charge in [-0.3, -0.25) is 0 Å². The Kier molecular flexibility index (Phi) is 12.4. The smallest absolute Gasteiger partial charge is 0.191 e. The molecule has 1 aromatic carbocycles. The fraction of sp³-hybridized carbons (Fsp3) is 0.650. The lowest BCUT2D eigenvalue weighted by molar-refractivity contribution is 0.0420. The largest absolute Gasteiger partial charge is 0.491 e. The van der Waals surface area contributed by atoms with Gasteiger partial charge in [0.1, 0.15) is 5.75 Å². The molecule has 0 spiro atoms. The molecule has 1 heterocycles. The van der Waals surface area contributed by atoms with Crippen LogP contribution in [0.15, 0.2) is 29.3 Å². The first-order valence-electron chi connectivity index (χ1n) is 9.64. The van der Waals surface area contributed by atoms with Gasteiger partial charge in [-0.1, -0.05) is 12.1 Å². The molecule has 1 aliphatic rings. The van der Waals surface area contributed by atoms with Crippen LogP contribution in [-0.4, -0.2) is 51.1 Å². The molecule has 1 unspecified atom stereocenters. The maximum Gasteiger partial charge on any atom is 0.191 e. The van der Waals surface area contributed by atoms with Crippen LogP contribution in [0.3, 0.4) is 0 Å². The quantitative estimate of drug-likeness (QED) is 0.228. The standard InChI is InChI=1S/C20H33N3O3.HI/c1-4-21-20(22-11-5-12-25-19-10-13-24-15-19)23-14-17-6-8-18(9-7-17)26-16(2)3;/h6-9,16,19H,4-5,10-15H2,1-3H3,(H2,21,22,23);1H. The lowest BCUT2D eigenvalue weighted by atomic mass is 10.2. The first kappa shape index (κ1) is 24.0. The second-order valence-corrected chi connectivity index (χ2v) is 6.64. The molecule has 1 aromatic rings. The Morgan fingerprint density at radius 2 is 2.04 bits per heavy atom. The number of halogens is 1. The van der Waals surface area contributed by atoms with Crippen molar-refractivity contribution >= 4 is 29.9 Å². The summed E-state index contributed by atoms with van der Waals surface area (Å²) in [4.78, 5) is 4.64. The Morgan fingerprint density at radius 1 is 1.26 bits per heavy atom. The van der Waals surface area contributed by atoms with Crippen molar-refractivity contribution in [1.29, 1.82) is 0 Å². The third kappa shape index (κ3) is 10.2. The SMILES string of the molecule is CCNC(=NCc1ccc(OC(C)C)cc1)NCCCOC1CCOC1.I. The Labute approximate surface area is 180 Å². The highest BCUT2D eigenvalue weighted by atomic mass is 127. The summed E-state index contributed by atoms with van der Waals surface area (Å²) >= 11 is 0. The summed E-state index contributed by atoms with van der Waals surface area (Å²) in [6.45, 7) is 10.7. The zero-order valence-electron chi connectivity index (χ0n) is 16.7. The summed E-state index contributed by atoms with van der Waals surface area (Å²) in [7, 11) is 0. The number of nitrogens with zero attached hydrogens (tertiary/aromatic N) is 1. The molecule has 1 saturated heterocycles. The molecule has 7 heteroatoms. The molecule has 1 aliphatic heterocycles. The molecule has 0 bridgehead atoms. The molecule has 0 aromatic heterocycles. The Morgan fingerprint density at radius 3 is 2.67 bits per heavy atom. The van der Waals surface area contributed by atoms with Crippen LogP contribution in [0, 0.1) is 0 Å². The number of rotatable bonds is 10. The van der Waals surface area contributed by atoms with Crippen molar-refractivity contribution in [2.24, 2.45) is 4.99 Å². The fourth-order valence-corrected chi connectivity index (χ4v) is 2.63. The first-order chi connectivity index (χ1) is 12.7. The fourth-order valence-electron chi connectivity index (χ4n) is 2.63. The zero-order valence-corrected chi connectivity index (χ0v) is 19.0. The van der Waals surface area contributed by atoms with Gasteiger partial charge in [-0.05, 0) is 51.3 Å². The molecule has 1 fully saturated rings. The van der Waals surface area contributed by atoms with Crippen molar-refractivity contribution in [3.8, 4) is 5.75 Å². The highest BCUT2D eigenvalue weighted by Crippen LogP contribution is 2.14. The van der Waals surface area contributed by atoms with Crippen molar-refractivity contribution in [1.82, 2.24) is 10.6 Å². The maximum absolute atomic E-state index is 5.78. The van der Waals surface area contributed by atoms with Gasteiger partial charge in [0, 0.05) is 26.3 Å². The lowest BCUT2D eigenvalue weighted by Gasteiger charge is -2.13. The Balaban J connectivity index is 0.00000364. The first-order valence-corrected chi connectivity index (χ1v) is 9.64. The zero-order chi connectivity index (χ0) is 18.6. The summed E-state index contributed by atoms with van der Waals surface area (Å²) in [6.07, 6.45) is 2.42. The predicted molar refractivity (Wildman–Crippen MR) is 120 cm³/mol. The van der Waals surface area contributed by atoms with Crippen LogP contribution < -0.4 is 15.4 Å². The molecule has 1 atom stereocenters. The van der Waals surface area contributed by atoms with Gasteiger partial charge in [-0.25, -0.2) is 4.99 Å². The summed E-state index contributed by atoms with van der Waals surface area (Å²) in [5.41, 5.74) is 1.16. The van der Waals surface area contributed by atoms with Crippen LogP contribution in [0.2, 0.25) is 0 Å². The van der Waals surface area contributed by atoms with Gasteiger partial charge in [0.2, 0.25) is 0 Å². The molecule has 0 saturated carbocycles. The molecule has 27 heavy (non-hydrogen) atoms. The minimum absolute atomic E-state index is 0. The average Bonchev–Trinajstić information content (AvgIpc) is 3.13. The van der Waals surface area contributed by atoms with Crippen LogP contribution in [0.5, 0.6) is 5.75 Å². The summed E-state index contributed by atoms with van der Waals surface area (Å²) in [5.74, 6) is 1.73. The van der Waals surface area contributed by atoms with Gasteiger partial charge >= 0.3 is 0 Å². The van der Waals surface area contributed by atoms with Crippen LogP contribution in [-0.2, 0) is 16.0 Å². The molecule has 2 N–H and O–H groups in total. The number of hydrogen-bond acceptors (Lipinski definition) is 4. The van der Waals surface area contributed by atoms with Gasteiger partial charge in [0.15, 0.2) is 5.96 Å². The van der Waals surface area contributed by atoms with Gasteiger partial charge in [-0.2, -0.15) is 0 Å². The highest BCUT2D eigenvalue weighted by molar-refractivity contribution is 14.0. The highest BCUT2D eigenvalue weighted by Gasteiger charge is 2.15. The van der Waals surface area contributed by atoms with E-state index >= 15 is 0 Å². The number of aliphatic imine (C=N–C) groups is 1. The van der Waals surface area contributed by atoms with Crippen molar-refractivity contribution in [3.05, 3.63) is 29.8 Å². The normalized spacial score (nSPS) is 16.9. The number of hydrogen-bond donors (Lipinski definition) is 2. The molecular weight excluding hydrogens is 457 g/mol. The summed E-state index contributed by atoms with van der Waals surface area (Å²) < 4.78 is 16.7. The van der Waals surface area contributed by atoms with E-state index in [-0.39, 0.29) is 36.2 Å². The Bertz CT molecular complexity index is 532. The second-order valence-electron chi connectivity index (χ2n) is 6.64.